The number of rotatable bonds is 9. The molecule has 0 bridgehead atoms. The lowest BCUT2D eigenvalue weighted by atomic mass is 9.96. The molecule has 1 amide bonds. The molecule has 1 atom stereocenters. The SMILES string of the molecule is CCOc1cc(C2/C(=C(\O)c3nc4c(C)cccn4c3C)C(=O)C(=O)N2CCN(CC)CC)ccc1O. The molecular weight excluding hydrogens is 472 g/mol. The number of hydrogen-bond acceptors (Lipinski definition) is 7. The number of aliphatic hydroxyl groups excluding tert-OH is 1. The highest BCUT2D eigenvalue weighted by atomic mass is 16.5. The van der Waals surface area contributed by atoms with Gasteiger partial charge in [-0.2, -0.15) is 0 Å². The van der Waals surface area contributed by atoms with Crippen LogP contribution >= 0.6 is 0 Å². The predicted octanol–water partition coefficient (Wildman–Crippen LogP) is 3.82. The van der Waals surface area contributed by atoms with Crippen LogP contribution in [0.3, 0.4) is 0 Å². The Balaban J connectivity index is 1.90. The van der Waals surface area contributed by atoms with Crippen LogP contribution in [0.1, 0.15) is 49.3 Å². The van der Waals surface area contributed by atoms with E-state index in [1.807, 2.05) is 50.4 Å². The number of hydrogen-bond donors (Lipinski definition) is 2. The summed E-state index contributed by atoms with van der Waals surface area (Å²) < 4.78 is 7.42. The van der Waals surface area contributed by atoms with Crippen LogP contribution in [0.2, 0.25) is 0 Å². The van der Waals surface area contributed by atoms with E-state index in [9.17, 15) is 19.8 Å². The number of aromatic hydroxyl groups is 1. The fourth-order valence-electron chi connectivity index (χ4n) is 4.89. The Kier molecular flexibility index (Phi) is 7.54. The molecule has 1 aromatic carbocycles. The number of imidazole rings is 1. The van der Waals surface area contributed by atoms with Gasteiger partial charge in [0.2, 0.25) is 0 Å². The highest BCUT2D eigenvalue weighted by Gasteiger charge is 2.46. The lowest BCUT2D eigenvalue weighted by molar-refractivity contribution is -0.140. The van der Waals surface area contributed by atoms with Crippen molar-refractivity contribution in [2.45, 2.75) is 40.7 Å². The van der Waals surface area contributed by atoms with Crippen LogP contribution in [0.15, 0.2) is 42.1 Å². The number of Topliss-reactive ketones (excluding diaryl/α,β-unsaturated/α-hetero) is 1. The van der Waals surface area contributed by atoms with Gasteiger partial charge in [0.05, 0.1) is 23.9 Å². The van der Waals surface area contributed by atoms with Crippen LogP contribution in [0, 0.1) is 13.8 Å². The standard InChI is InChI=1S/C28H34N4O5/c1-6-30(7-2)14-15-32-24(19-11-12-20(33)21(16-19)37-8-3)22(26(35)28(32)36)25(34)23-18(5)31-13-9-10-17(4)27(31)29-23/h9-13,16,24,33-34H,6-8,14-15H2,1-5H3/b25-22+. The molecule has 1 fully saturated rings. The van der Waals surface area contributed by atoms with Crippen molar-refractivity contribution in [3.05, 3.63) is 64.6 Å². The summed E-state index contributed by atoms with van der Waals surface area (Å²) in [6.07, 6.45) is 1.84. The molecule has 3 aromatic rings. The quantitative estimate of drug-likeness (QED) is 0.258. The van der Waals surface area contributed by atoms with Crippen molar-refractivity contribution in [3.8, 4) is 11.5 Å². The third-order valence-electron chi connectivity index (χ3n) is 7.00. The average Bonchev–Trinajstić information content (AvgIpc) is 3.36. The molecule has 1 unspecified atom stereocenters. The highest BCUT2D eigenvalue weighted by molar-refractivity contribution is 6.46. The number of ether oxygens (including phenoxy) is 1. The van der Waals surface area contributed by atoms with E-state index in [2.05, 4.69) is 9.88 Å². The minimum Gasteiger partial charge on any atom is -0.505 e. The number of phenolic OH excluding ortho intramolecular Hbond substituents is 1. The van der Waals surface area contributed by atoms with Gasteiger partial charge >= 0.3 is 0 Å². The first-order valence-corrected chi connectivity index (χ1v) is 12.6. The van der Waals surface area contributed by atoms with E-state index in [4.69, 9.17) is 4.74 Å². The van der Waals surface area contributed by atoms with Crippen molar-refractivity contribution in [3.63, 3.8) is 0 Å². The molecule has 9 heteroatoms. The molecule has 1 aliphatic rings. The number of fused-ring (bicyclic) bond motifs is 1. The van der Waals surface area contributed by atoms with Crippen LogP contribution in [-0.4, -0.2) is 73.9 Å². The van der Waals surface area contributed by atoms with E-state index in [1.54, 1.807) is 19.1 Å². The molecule has 9 nitrogen and oxygen atoms in total. The summed E-state index contributed by atoms with van der Waals surface area (Å²) in [5, 5.41) is 21.8. The van der Waals surface area contributed by atoms with Crippen molar-refractivity contribution in [2.24, 2.45) is 0 Å². The Bertz CT molecular complexity index is 1370. The van der Waals surface area contributed by atoms with Crippen LogP contribution in [0.4, 0.5) is 0 Å². The molecule has 37 heavy (non-hydrogen) atoms. The van der Waals surface area contributed by atoms with Crippen molar-refractivity contribution in [1.29, 1.82) is 0 Å². The Morgan fingerprint density at radius 3 is 2.51 bits per heavy atom. The fraction of sp³-hybridized carbons (Fsp3) is 0.393. The van der Waals surface area contributed by atoms with Crippen molar-refractivity contribution < 1.29 is 24.5 Å². The molecule has 0 radical (unpaired) electrons. The number of likely N-dealkylation sites (tertiary alicyclic amines) is 1. The third-order valence-corrected chi connectivity index (χ3v) is 7.00. The summed E-state index contributed by atoms with van der Waals surface area (Å²) in [5.74, 6) is -1.56. The number of aromatic nitrogens is 2. The molecule has 4 rings (SSSR count). The molecule has 0 saturated carbocycles. The summed E-state index contributed by atoms with van der Waals surface area (Å²) in [4.78, 5) is 35.0. The molecule has 3 heterocycles. The van der Waals surface area contributed by atoms with Crippen molar-refractivity contribution in [1.82, 2.24) is 19.2 Å². The van der Waals surface area contributed by atoms with Crippen molar-refractivity contribution in [2.75, 3.05) is 32.8 Å². The maximum absolute atomic E-state index is 13.4. The third kappa shape index (κ3) is 4.67. The fourth-order valence-corrected chi connectivity index (χ4v) is 4.89. The molecule has 1 saturated heterocycles. The monoisotopic (exact) mass is 506 g/mol. The molecule has 1 aliphatic heterocycles. The van der Waals surface area contributed by atoms with Gasteiger partial charge in [0.25, 0.3) is 11.7 Å². The van der Waals surface area contributed by atoms with Gasteiger partial charge in [0.1, 0.15) is 11.3 Å². The van der Waals surface area contributed by atoms with E-state index in [0.29, 0.717) is 36.6 Å². The van der Waals surface area contributed by atoms with E-state index < -0.39 is 17.7 Å². The number of pyridine rings is 1. The number of amides is 1. The maximum atomic E-state index is 13.4. The number of carbonyl (C=O) groups is 2. The lowest BCUT2D eigenvalue weighted by Gasteiger charge is -2.28. The second kappa shape index (κ2) is 10.6. The summed E-state index contributed by atoms with van der Waals surface area (Å²) in [6.45, 7) is 12.4. The minimum absolute atomic E-state index is 0.0261. The molecule has 196 valence electrons. The second-order valence-electron chi connectivity index (χ2n) is 9.11. The highest BCUT2D eigenvalue weighted by Crippen LogP contribution is 2.42. The number of nitrogens with zero attached hydrogens (tertiary/aromatic N) is 4. The van der Waals surface area contributed by atoms with E-state index >= 15 is 0 Å². The first-order valence-electron chi connectivity index (χ1n) is 12.6. The zero-order valence-electron chi connectivity index (χ0n) is 22.0. The van der Waals surface area contributed by atoms with Gasteiger partial charge in [-0.1, -0.05) is 26.0 Å². The molecular formula is C28H34N4O5. The Morgan fingerprint density at radius 1 is 1.14 bits per heavy atom. The summed E-state index contributed by atoms with van der Waals surface area (Å²) in [6, 6.07) is 7.69. The molecule has 2 aromatic heterocycles. The van der Waals surface area contributed by atoms with Gasteiger partial charge in [-0.15, -0.1) is 0 Å². The van der Waals surface area contributed by atoms with Gasteiger partial charge in [-0.05, 0) is 63.2 Å². The number of phenols is 1. The molecule has 0 spiro atoms. The predicted molar refractivity (Wildman–Crippen MR) is 141 cm³/mol. The zero-order valence-corrected chi connectivity index (χ0v) is 22.0. The van der Waals surface area contributed by atoms with E-state index in [1.165, 1.54) is 11.0 Å². The first-order chi connectivity index (χ1) is 17.7. The second-order valence-corrected chi connectivity index (χ2v) is 9.11. The maximum Gasteiger partial charge on any atom is 0.295 e. The van der Waals surface area contributed by atoms with Crippen LogP contribution in [-0.2, 0) is 9.59 Å². The molecule has 0 aliphatic carbocycles. The number of likely N-dealkylation sites (N-methyl/N-ethyl adjacent to an activating group) is 1. The largest absolute Gasteiger partial charge is 0.505 e. The van der Waals surface area contributed by atoms with E-state index in [0.717, 1.165) is 18.7 Å². The smallest absolute Gasteiger partial charge is 0.295 e. The number of aliphatic hydroxyl groups is 1. The summed E-state index contributed by atoms with van der Waals surface area (Å²) in [5.41, 5.74) is 3.02. The summed E-state index contributed by atoms with van der Waals surface area (Å²) >= 11 is 0. The topological polar surface area (TPSA) is 108 Å². The summed E-state index contributed by atoms with van der Waals surface area (Å²) in [7, 11) is 0. The van der Waals surface area contributed by atoms with Gasteiger partial charge < -0.3 is 29.2 Å². The van der Waals surface area contributed by atoms with E-state index in [-0.39, 0.29) is 28.5 Å². The number of benzene rings is 1. The molecule has 2 N–H and O–H groups in total. The Labute approximate surface area is 216 Å². The Morgan fingerprint density at radius 2 is 1.86 bits per heavy atom. The zero-order chi connectivity index (χ0) is 26.9. The Hall–Kier alpha value is -3.85. The lowest BCUT2D eigenvalue weighted by Crippen LogP contribution is -2.38. The van der Waals surface area contributed by atoms with Crippen LogP contribution in [0.25, 0.3) is 11.4 Å². The van der Waals surface area contributed by atoms with Crippen LogP contribution < -0.4 is 4.74 Å². The number of ketones is 1. The number of aryl methyl sites for hydroxylation is 2. The van der Waals surface area contributed by atoms with Gasteiger partial charge in [-0.25, -0.2) is 4.98 Å². The normalized spacial score (nSPS) is 17.4. The number of carbonyl (C=O) groups excluding carboxylic acids is 2. The van der Waals surface area contributed by atoms with Crippen molar-refractivity contribution >= 4 is 23.1 Å². The minimum atomic E-state index is -0.860. The van der Waals surface area contributed by atoms with Gasteiger partial charge in [0.15, 0.2) is 17.3 Å². The van der Waals surface area contributed by atoms with Gasteiger partial charge in [0, 0.05) is 19.3 Å². The first kappa shape index (κ1) is 26.2. The van der Waals surface area contributed by atoms with Crippen LogP contribution in [0.5, 0.6) is 11.5 Å². The average molecular weight is 507 g/mol. The van der Waals surface area contributed by atoms with Gasteiger partial charge in [-0.3, -0.25) is 9.59 Å².